The van der Waals surface area contributed by atoms with E-state index in [-0.39, 0.29) is 13.0 Å². The summed E-state index contributed by atoms with van der Waals surface area (Å²) in [6.45, 7) is 1.71. The maximum Gasteiger partial charge on any atom is 0.330 e. The van der Waals surface area contributed by atoms with Gasteiger partial charge in [0.25, 0.3) is 5.56 Å². The normalized spacial score (nSPS) is 27.6. The maximum atomic E-state index is 13.6. The lowest BCUT2D eigenvalue weighted by Crippen LogP contribution is -2.33. The molecule has 7 heteroatoms. The largest absolute Gasteiger partial charge is 0.382 e. The number of aromatic amines is 1. The van der Waals surface area contributed by atoms with Crippen LogP contribution in [0.15, 0.2) is 15.8 Å². The molecule has 18 heavy (non-hydrogen) atoms. The third-order valence-corrected chi connectivity index (χ3v) is 2.95. The van der Waals surface area contributed by atoms with Crippen molar-refractivity contribution >= 4 is 0 Å². The van der Waals surface area contributed by atoms with Gasteiger partial charge in [-0.3, -0.25) is 14.3 Å². The van der Waals surface area contributed by atoms with Gasteiger partial charge in [-0.25, -0.2) is 9.18 Å². The molecule has 0 aromatic carbocycles. The summed E-state index contributed by atoms with van der Waals surface area (Å²) in [5.41, 5.74) is -0.663. The Morgan fingerprint density at radius 3 is 3.00 bits per heavy atom. The topological polar surface area (TPSA) is 73.3 Å². The predicted molar refractivity (Wildman–Crippen MR) is 61.4 cm³/mol. The third-order valence-electron chi connectivity index (χ3n) is 2.95. The first-order valence-corrected chi connectivity index (χ1v) is 5.63. The molecule has 6 nitrogen and oxygen atoms in total. The molecule has 0 spiro atoms. The van der Waals surface area contributed by atoms with Crippen LogP contribution in [-0.2, 0) is 9.47 Å². The highest BCUT2D eigenvalue weighted by molar-refractivity contribution is 5.02. The summed E-state index contributed by atoms with van der Waals surface area (Å²) in [5, 5.41) is 0. The lowest BCUT2D eigenvalue weighted by molar-refractivity contribution is -0.0447. The highest BCUT2D eigenvalue weighted by atomic mass is 19.1. The van der Waals surface area contributed by atoms with Gasteiger partial charge in [-0.15, -0.1) is 0 Å². The minimum Gasteiger partial charge on any atom is -0.382 e. The monoisotopic (exact) mass is 258 g/mol. The zero-order chi connectivity index (χ0) is 13.3. The molecule has 1 aliphatic rings. The van der Waals surface area contributed by atoms with Crippen LogP contribution in [0.25, 0.3) is 0 Å². The molecule has 0 bridgehead atoms. The molecule has 3 atom stereocenters. The Hall–Kier alpha value is -1.47. The zero-order valence-corrected chi connectivity index (χ0v) is 10.2. The molecular formula is C11H15FN2O4. The van der Waals surface area contributed by atoms with E-state index in [1.165, 1.54) is 17.9 Å². The molecule has 2 heterocycles. The number of rotatable bonds is 3. The Morgan fingerprint density at radius 2 is 2.33 bits per heavy atom. The maximum absolute atomic E-state index is 13.6. The lowest BCUT2D eigenvalue weighted by Gasteiger charge is -2.15. The second-order valence-corrected chi connectivity index (χ2v) is 4.31. The summed E-state index contributed by atoms with van der Waals surface area (Å²) in [6.07, 6.45) is -1.12. The summed E-state index contributed by atoms with van der Waals surface area (Å²) >= 11 is 0. The van der Waals surface area contributed by atoms with Crippen molar-refractivity contribution in [1.29, 1.82) is 0 Å². The van der Waals surface area contributed by atoms with Gasteiger partial charge < -0.3 is 9.47 Å². The van der Waals surface area contributed by atoms with E-state index in [2.05, 4.69) is 4.98 Å². The Kier molecular flexibility index (Phi) is 3.63. The molecule has 0 amide bonds. The molecule has 1 N–H and O–H groups in total. The predicted octanol–water partition coefficient (Wildman–Crippen LogP) is 0.117. The molecule has 100 valence electrons. The van der Waals surface area contributed by atoms with Gasteiger partial charge in [-0.1, -0.05) is 0 Å². The van der Waals surface area contributed by atoms with E-state index in [0.29, 0.717) is 5.56 Å². The highest BCUT2D eigenvalue weighted by Gasteiger charge is 2.36. The van der Waals surface area contributed by atoms with Crippen molar-refractivity contribution in [2.24, 2.45) is 0 Å². The second-order valence-electron chi connectivity index (χ2n) is 4.31. The van der Waals surface area contributed by atoms with E-state index in [9.17, 15) is 14.0 Å². The summed E-state index contributed by atoms with van der Waals surface area (Å²) in [7, 11) is 1.46. The Morgan fingerprint density at radius 1 is 1.61 bits per heavy atom. The number of aromatic nitrogens is 2. The average Bonchev–Trinajstić information content (AvgIpc) is 2.66. The van der Waals surface area contributed by atoms with Crippen LogP contribution in [0.4, 0.5) is 4.39 Å². The van der Waals surface area contributed by atoms with E-state index >= 15 is 0 Å². The molecule has 0 aliphatic carbocycles. The van der Waals surface area contributed by atoms with Crippen LogP contribution in [0.5, 0.6) is 0 Å². The first-order valence-electron chi connectivity index (χ1n) is 5.63. The van der Waals surface area contributed by atoms with E-state index < -0.39 is 29.8 Å². The number of ether oxygens (including phenoxy) is 2. The number of hydrogen-bond acceptors (Lipinski definition) is 4. The van der Waals surface area contributed by atoms with Crippen molar-refractivity contribution in [3.63, 3.8) is 0 Å². The van der Waals surface area contributed by atoms with E-state index in [1.807, 2.05) is 0 Å². The summed E-state index contributed by atoms with van der Waals surface area (Å²) in [6, 6.07) is 0. The van der Waals surface area contributed by atoms with Crippen molar-refractivity contribution in [3.05, 3.63) is 32.6 Å². The zero-order valence-electron chi connectivity index (χ0n) is 10.2. The van der Waals surface area contributed by atoms with Crippen LogP contribution in [0, 0.1) is 6.92 Å². The number of H-pyrrole nitrogens is 1. The fraction of sp³-hybridized carbons (Fsp3) is 0.636. The number of methoxy groups -OCH3 is 1. The van der Waals surface area contributed by atoms with Crippen LogP contribution in [0.2, 0.25) is 0 Å². The van der Waals surface area contributed by atoms with Crippen LogP contribution < -0.4 is 11.2 Å². The lowest BCUT2D eigenvalue weighted by atomic mass is 10.2. The molecule has 1 fully saturated rings. The SMILES string of the molecule is COC[C@H]1O[C@@H](n2cc(C)c(=O)[nH]c2=O)CC1F. The highest BCUT2D eigenvalue weighted by Crippen LogP contribution is 2.29. The van der Waals surface area contributed by atoms with Crippen LogP contribution >= 0.6 is 0 Å². The van der Waals surface area contributed by atoms with Gasteiger partial charge in [0.2, 0.25) is 0 Å². The molecule has 1 unspecified atom stereocenters. The summed E-state index contributed by atoms with van der Waals surface area (Å²) in [4.78, 5) is 25.0. The molecule has 1 aromatic heterocycles. The van der Waals surface area contributed by atoms with Gasteiger partial charge in [0, 0.05) is 25.3 Å². The molecule has 2 rings (SSSR count). The minimum atomic E-state index is -1.19. The smallest absolute Gasteiger partial charge is 0.330 e. The standard InChI is InChI=1S/C11H15FN2O4/c1-6-4-14(11(16)13-10(6)15)9-3-7(12)8(18-9)5-17-2/h4,7-9H,3,5H2,1-2H3,(H,13,15,16)/t7?,8-,9-/m1/s1. The number of alkyl halides is 1. The number of nitrogens with zero attached hydrogens (tertiary/aromatic N) is 1. The third kappa shape index (κ3) is 2.37. The molecule has 0 radical (unpaired) electrons. The summed E-state index contributed by atoms with van der Waals surface area (Å²) < 4.78 is 25.1. The van der Waals surface area contributed by atoms with Crippen LogP contribution in [0.1, 0.15) is 18.2 Å². The molecular weight excluding hydrogens is 243 g/mol. The van der Waals surface area contributed by atoms with E-state index in [1.54, 1.807) is 6.92 Å². The second kappa shape index (κ2) is 5.03. The number of nitrogens with one attached hydrogen (secondary N) is 1. The van der Waals surface area contributed by atoms with Crippen LogP contribution in [0.3, 0.4) is 0 Å². The van der Waals surface area contributed by atoms with Gasteiger partial charge in [0.15, 0.2) is 0 Å². The van der Waals surface area contributed by atoms with Crippen molar-refractivity contribution in [3.8, 4) is 0 Å². The van der Waals surface area contributed by atoms with Gasteiger partial charge in [0.1, 0.15) is 18.5 Å². The number of aryl methyl sites for hydroxylation is 1. The molecule has 1 saturated heterocycles. The Balaban J connectivity index is 2.26. The molecule has 0 saturated carbocycles. The average molecular weight is 258 g/mol. The van der Waals surface area contributed by atoms with E-state index in [0.717, 1.165) is 0 Å². The van der Waals surface area contributed by atoms with Crippen molar-refractivity contribution in [2.75, 3.05) is 13.7 Å². The van der Waals surface area contributed by atoms with Crippen molar-refractivity contribution in [2.45, 2.75) is 31.8 Å². The van der Waals surface area contributed by atoms with Gasteiger partial charge in [-0.05, 0) is 6.92 Å². The van der Waals surface area contributed by atoms with Crippen LogP contribution in [-0.4, -0.2) is 35.5 Å². The quantitative estimate of drug-likeness (QED) is 0.835. The van der Waals surface area contributed by atoms with Gasteiger partial charge in [-0.2, -0.15) is 0 Å². The Labute approximate surface area is 102 Å². The minimum absolute atomic E-state index is 0.0689. The van der Waals surface area contributed by atoms with Crippen molar-refractivity contribution in [1.82, 2.24) is 9.55 Å². The fourth-order valence-corrected chi connectivity index (χ4v) is 1.97. The fourth-order valence-electron chi connectivity index (χ4n) is 1.97. The first-order chi connectivity index (χ1) is 8.52. The van der Waals surface area contributed by atoms with Crippen molar-refractivity contribution < 1.29 is 13.9 Å². The first kappa shape index (κ1) is 13.0. The number of halogens is 1. The Bertz CT molecular complexity index is 539. The number of hydrogen-bond donors (Lipinski definition) is 1. The van der Waals surface area contributed by atoms with Gasteiger partial charge >= 0.3 is 5.69 Å². The van der Waals surface area contributed by atoms with Gasteiger partial charge in [0.05, 0.1) is 6.61 Å². The molecule has 1 aromatic rings. The van der Waals surface area contributed by atoms with E-state index in [4.69, 9.17) is 9.47 Å². The molecule has 1 aliphatic heterocycles. The summed E-state index contributed by atoms with van der Waals surface area (Å²) in [5.74, 6) is 0.